The van der Waals surface area contributed by atoms with Gasteiger partial charge in [0, 0.05) is 19.5 Å². The van der Waals surface area contributed by atoms with Gasteiger partial charge in [-0.3, -0.25) is 38.4 Å². The van der Waals surface area contributed by atoms with Gasteiger partial charge in [0.15, 0.2) is 0 Å². The molecule has 2 saturated heterocycles. The molecule has 0 saturated carbocycles. The molecule has 6 atom stereocenters. The number of carboxylic acid groups (broad SMARTS) is 3. The van der Waals surface area contributed by atoms with Crippen molar-refractivity contribution in [1.29, 1.82) is 0 Å². The number of amides is 6. The third-order valence-electron chi connectivity index (χ3n) is 8.32. The maximum atomic E-state index is 13.8. The second kappa shape index (κ2) is 17.7. The van der Waals surface area contributed by atoms with Crippen LogP contribution in [-0.4, -0.2) is 128 Å². The van der Waals surface area contributed by atoms with Crippen LogP contribution in [0.1, 0.15) is 50.5 Å². The summed E-state index contributed by atoms with van der Waals surface area (Å²) in [5.41, 5.74) is 11.5. The highest BCUT2D eigenvalue weighted by atomic mass is 16.4. The van der Waals surface area contributed by atoms with Crippen molar-refractivity contribution in [2.24, 2.45) is 11.5 Å². The largest absolute Gasteiger partial charge is 0.481 e. The molecular formula is C31H41N7O12. The smallest absolute Gasteiger partial charge is 0.326 e. The van der Waals surface area contributed by atoms with Gasteiger partial charge >= 0.3 is 17.9 Å². The Labute approximate surface area is 285 Å². The SMILES string of the molecule is NC(=O)C[C@H](NC(=O)[C@H](CC(=O)O)NC(=O)[C@@H](N)CC(=O)O)C(=O)N1CCC[C@H]1C(=O)N[C@@H](Cc1ccccc1)C(=O)N1CCC[C@H]1C(=O)O. The Kier molecular flexibility index (Phi) is 13.8. The zero-order valence-corrected chi connectivity index (χ0v) is 27.0. The van der Waals surface area contributed by atoms with Gasteiger partial charge in [-0.1, -0.05) is 30.3 Å². The number of rotatable bonds is 17. The summed E-state index contributed by atoms with van der Waals surface area (Å²) >= 11 is 0. The lowest BCUT2D eigenvalue weighted by Crippen LogP contribution is -2.60. The molecule has 2 aliphatic heterocycles. The molecule has 0 spiro atoms. The minimum absolute atomic E-state index is 0.00804. The number of primary amides is 1. The highest BCUT2D eigenvalue weighted by Gasteiger charge is 2.42. The molecule has 0 radical (unpaired) electrons. The topological polar surface area (TPSA) is 309 Å². The number of likely N-dealkylation sites (tertiary alicyclic amines) is 2. The van der Waals surface area contributed by atoms with Gasteiger partial charge < -0.3 is 52.5 Å². The molecule has 2 heterocycles. The molecule has 19 heteroatoms. The van der Waals surface area contributed by atoms with E-state index in [0.29, 0.717) is 18.4 Å². The predicted octanol–water partition coefficient (Wildman–Crippen LogP) is -3.10. The van der Waals surface area contributed by atoms with Crippen molar-refractivity contribution < 1.29 is 58.5 Å². The van der Waals surface area contributed by atoms with Crippen molar-refractivity contribution in [2.75, 3.05) is 13.1 Å². The van der Waals surface area contributed by atoms with Crippen molar-refractivity contribution >= 4 is 53.4 Å². The Morgan fingerprint density at radius 3 is 1.80 bits per heavy atom. The Morgan fingerprint density at radius 1 is 0.700 bits per heavy atom. The molecule has 3 rings (SSSR count). The van der Waals surface area contributed by atoms with Crippen molar-refractivity contribution in [2.45, 2.75) is 87.6 Å². The number of nitrogens with zero attached hydrogens (tertiary/aromatic N) is 2. The Morgan fingerprint density at radius 2 is 1.24 bits per heavy atom. The molecule has 0 bridgehead atoms. The quantitative estimate of drug-likeness (QED) is 0.0798. The van der Waals surface area contributed by atoms with Crippen LogP contribution in [0.4, 0.5) is 0 Å². The summed E-state index contributed by atoms with van der Waals surface area (Å²) in [7, 11) is 0. The molecule has 0 aromatic heterocycles. The molecule has 10 N–H and O–H groups in total. The Bertz CT molecular complexity index is 1490. The number of nitrogens with one attached hydrogen (secondary N) is 3. The molecule has 1 aromatic carbocycles. The lowest BCUT2D eigenvalue weighted by atomic mass is 10.0. The molecule has 2 fully saturated rings. The van der Waals surface area contributed by atoms with E-state index in [1.165, 1.54) is 4.90 Å². The lowest BCUT2D eigenvalue weighted by molar-refractivity contribution is -0.150. The number of aliphatic carboxylic acids is 3. The molecule has 6 amide bonds. The molecular weight excluding hydrogens is 662 g/mol. The van der Waals surface area contributed by atoms with Crippen LogP contribution in [0.3, 0.4) is 0 Å². The molecule has 1 aromatic rings. The number of hydrogen-bond acceptors (Lipinski definition) is 10. The van der Waals surface area contributed by atoms with Crippen LogP contribution < -0.4 is 27.4 Å². The summed E-state index contributed by atoms with van der Waals surface area (Å²) in [6.07, 6.45) is -1.45. The summed E-state index contributed by atoms with van der Waals surface area (Å²) in [5, 5.41) is 34.7. The fourth-order valence-corrected chi connectivity index (χ4v) is 5.93. The van der Waals surface area contributed by atoms with E-state index in [2.05, 4.69) is 10.6 Å². The number of nitrogens with two attached hydrogens (primary N) is 2. The van der Waals surface area contributed by atoms with Gasteiger partial charge in [0.1, 0.15) is 30.2 Å². The van der Waals surface area contributed by atoms with Crippen LogP contribution in [0, 0.1) is 0 Å². The highest BCUT2D eigenvalue weighted by molar-refractivity contribution is 5.99. The monoisotopic (exact) mass is 703 g/mol. The summed E-state index contributed by atoms with van der Waals surface area (Å²) in [6, 6.07) is 0.0458. The molecule has 0 aliphatic carbocycles. The summed E-state index contributed by atoms with van der Waals surface area (Å²) in [4.78, 5) is 115. The average molecular weight is 704 g/mol. The van der Waals surface area contributed by atoms with E-state index in [9.17, 15) is 53.4 Å². The van der Waals surface area contributed by atoms with Crippen LogP contribution in [0.15, 0.2) is 30.3 Å². The van der Waals surface area contributed by atoms with E-state index in [-0.39, 0.29) is 32.4 Å². The minimum Gasteiger partial charge on any atom is -0.481 e. The van der Waals surface area contributed by atoms with Crippen LogP contribution in [0.25, 0.3) is 0 Å². The van der Waals surface area contributed by atoms with Crippen LogP contribution in [-0.2, 0) is 49.6 Å². The standard InChI is InChI=1S/C31H41N7O12/c32-17(13-24(40)41)26(44)34-18(15-25(42)43)27(45)35-20(14-23(33)39)30(48)37-10-4-8-21(37)28(46)36-19(12-16-6-2-1-3-7-16)29(47)38-11-5-9-22(38)31(49)50/h1-3,6-7,17-22H,4-5,8-15,32H2,(H2,33,39)(H,34,44)(H,35,45)(H,36,46)(H,40,41)(H,42,43)(H,49,50)/t17-,18-,19-,20-,21-,22-/m0/s1. The van der Waals surface area contributed by atoms with Crippen molar-refractivity contribution in [3.63, 3.8) is 0 Å². The molecule has 0 unspecified atom stereocenters. The van der Waals surface area contributed by atoms with Gasteiger partial charge in [0.2, 0.25) is 35.4 Å². The second-order valence-electron chi connectivity index (χ2n) is 12.1. The second-order valence-corrected chi connectivity index (χ2v) is 12.1. The maximum absolute atomic E-state index is 13.8. The third-order valence-corrected chi connectivity index (χ3v) is 8.32. The van der Waals surface area contributed by atoms with E-state index in [1.807, 2.05) is 5.32 Å². The Hall–Kier alpha value is -5.59. The maximum Gasteiger partial charge on any atom is 0.326 e. The zero-order valence-electron chi connectivity index (χ0n) is 27.0. The predicted molar refractivity (Wildman–Crippen MR) is 169 cm³/mol. The van der Waals surface area contributed by atoms with Crippen molar-refractivity contribution in [1.82, 2.24) is 25.8 Å². The van der Waals surface area contributed by atoms with Gasteiger partial charge in [0.05, 0.1) is 25.3 Å². The number of carboxylic acids is 3. The number of carbonyl (C=O) groups is 9. The minimum atomic E-state index is -1.84. The third kappa shape index (κ3) is 10.7. The molecule has 2 aliphatic rings. The van der Waals surface area contributed by atoms with Gasteiger partial charge in [-0.15, -0.1) is 0 Å². The van der Waals surface area contributed by atoms with Crippen LogP contribution in [0.5, 0.6) is 0 Å². The molecule has 272 valence electrons. The summed E-state index contributed by atoms with van der Waals surface area (Å²) < 4.78 is 0. The highest BCUT2D eigenvalue weighted by Crippen LogP contribution is 2.22. The zero-order chi connectivity index (χ0) is 37.1. The lowest BCUT2D eigenvalue weighted by Gasteiger charge is -2.31. The molecule has 19 nitrogen and oxygen atoms in total. The van der Waals surface area contributed by atoms with Crippen molar-refractivity contribution in [3.05, 3.63) is 35.9 Å². The first-order valence-corrected chi connectivity index (χ1v) is 15.8. The summed E-state index contributed by atoms with van der Waals surface area (Å²) in [5.74, 6) is -9.88. The van der Waals surface area contributed by atoms with E-state index in [0.717, 1.165) is 4.90 Å². The average Bonchev–Trinajstić information content (AvgIpc) is 3.74. The normalized spacial score (nSPS) is 19.4. The van der Waals surface area contributed by atoms with Crippen LogP contribution in [0.2, 0.25) is 0 Å². The van der Waals surface area contributed by atoms with Gasteiger partial charge in [-0.25, -0.2) is 4.79 Å². The van der Waals surface area contributed by atoms with Crippen LogP contribution >= 0.6 is 0 Å². The fourth-order valence-electron chi connectivity index (χ4n) is 5.93. The number of benzene rings is 1. The van der Waals surface area contributed by atoms with Crippen molar-refractivity contribution in [3.8, 4) is 0 Å². The van der Waals surface area contributed by atoms with Gasteiger partial charge in [-0.2, -0.15) is 0 Å². The first-order valence-electron chi connectivity index (χ1n) is 15.8. The van der Waals surface area contributed by atoms with Gasteiger partial charge in [-0.05, 0) is 31.2 Å². The summed E-state index contributed by atoms with van der Waals surface area (Å²) in [6.45, 7) is 0.167. The fraction of sp³-hybridized carbons (Fsp3) is 0.516. The van der Waals surface area contributed by atoms with Gasteiger partial charge in [0.25, 0.3) is 0 Å². The van der Waals surface area contributed by atoms with E-state index >= 15 is 0 Å². The first kappa shape index (κ1) is 38.9. The Balaban J connectivity index is 1.81. The van der Waals surface area contributed by atoms with E-state index < -0.39 is 109 Å². The first-order chi connectivity index (χ1) is 23.6. The van der Waals surface area contributed by atoms with E-state index in [4.69, 9.17) is 16.6 Å². The number of hydrogen-bond donors (Lipinski definition) is 8. The molecule has 50 heavy (non-hydrogen) atoms. The number of carbonyl (C=O) groups excluding carboxylic acids is 6. The van der Waals surface area contributed by atoms with E-state index in [1.54, 1.807) is 30.3 Å².